The lowest BCUT2D eigenvalue weighted by Crippen LogP contribution is -2.35. The quantitative estimate of drug-likeness (QED) is 0.805. The Hall–Kier alpha value is -2.08. The van der Waals surface area contributed by atoms with Crippen LogP contribution in [-0.2, 0) is 20.9 Å². The minimum absolute atomic E-state index is 0.0689. The summed E-state index contributed by atoms with van der Waals surface area (Å²) in [5.41, 5.74) is 0.886. The molecule has 0 bridgehead atoms. The van der Waals surface area contributed by atoms with Crippen LogP contribution in [0.25, 0.3) is 0 Å². The summed E-state index contributed by atoms with van der Waals surface area (Å²) in [6.07, 6.45) is 1.85. The van der Waals surface area contributed by atoms with Gasteiger partial charge in [-0.25, -0.2) is 4.79 Å². The highest BCUT2D eigenvalue weighted by atomic mass is 16.5. The maximum Gasteiger partial charge on any atom is 0.407 e. The molecule has 6 heteroatoms. The number of carboxylic acid groups (broad SMARTS) is 1. The molecule has 1 aromatic carbocycles. The molecule has 1 fully saturated rings. The number of alkyl carbamates (subject to hydrolysis) is 1. The molecule has 1 aliphatic rings. The van der Waals surface area contributed by atoms with E-state index in [1.54, 1.807) is 0 Å². The molecule has 1 amide bonds. The molecule has 0 aliphatic carbocycles. The van der Waals surface area contributed by atoms with Crippen molar-refractivity contribution in [2.75, 3.05) is 19.8 Å². The molecule has 2 N–H and O–H groups in total. The van der Waals surface area contributed by atoms with Gasteiger partial charge in [0, 0.05) is 19.8 Å². The summed E-state index contributed by atoms with van der Waals surface area (Å²) in [5, 5.41) is 11.8. The van der Waals surface area contributed by atoms with Crippen molar-refractivity contribution >= 4 is 12.1 Å². The molecule has 1 saturated heterocycles. The highest BCUT2D eigenvalue weighted by molar-refractivity contribution is 5.72. The number of amides is 1. The van der Waals surface area contributed by atoms with Gasteiger partial charge in [0.05, 0.1) is 5.92 Å². The highest BCUT2D eigenvalue weighted by Crippen LogP contribution is 2.21. The first-order chi connectivity index (χ1) is 11.1. The van der Waals surface area contributed by atoms with Gasteiger partial charge >= 0.3 is 12.1 Å². The number of carbonyl (C=O) groups is 2. The van der Waals surface area contributed by atoms with Crippen molar-refractivity contribution in [3.63, 3.8) is 0 Å². The zero-order chi connectivity index (χ0) is 16.5. The topological polar surface area (TPSA) is 84.9 Å². The molecule has 0 aromatic heterocycles. The van der Waals surface area contributed by atoms with Crippen LogP contribution in [-0.4, -0.2) is 36.9 Å². The van der Waals surface area contributed by atoms with E-state index in [2.05, 4.69) is 5.32 Å². The third kappa shape index (κ3) is 6.28. The summed E-state index contributed by atoms with van der Waals surface area (Å²) in [7, 11) is 0. The molecule has 23 heavy (non-hydrogen) atoms. The van der Waals surface area contributed by atoms with Crippen LogP contribution in [0.4, 0.5) is 4.79 Å². The number of ether oxygens (including phenoxy) is 2. The number of aliphatic carboxylic acids is 1. The van der Waals surface area contributed by atoms with E-state index in [4.69, 9.17) is 9.47 Å². The van der Waals surface area contributed by atoms with Crippen LogP contribution in [0, 0.1) is 11.8 Å². The van der Waals surface area contributed by atoms with Gasteiger partial charge in [-0.15, -0.1) is 0 Å². The Bertz CT molecular complexity index is 499. The van der Waals surface area contributed by atoms with Crippen LogP contribution in [0.5, 0.6) is 0 Å². The average Bonchev–Trinajstić information content (AvgIpc) is 2.58. The number of rotatable bonds is 7. The molecular weight excluding hydrogens is 298 g/mol. The van der Waals surface area contributed by atoms with Gasteiger partial charge in [-0.05, 0) is 30.7 Å². The molecule has 2 atom stereocenters. The Morgan fingerprint density at radius 2 is 2.13 bits per heavy atom. The Labute approximate surface area is 135 Å². The van der Waals surface area contributed by atoms with E-state index in [9.17, 15) is 14.7 Å². The van der Waals surface area contributed by atoms with Crippen LogP contribution in [0.3, 0.4) is 0 Å². The number of carboxylic acids is 1. The Balaban J connectivity index is 1.72. The number of hydrogen-bond donors (Lipinski definition) is 2. The zero-order valence-electron chi connectivity index (χ0n) is 13.1. The molecule has 0 saturated carbocycles. The van der Waals surface area contributed by atoms with E-state index < -0.39 is 18.0 Å². The third-order valence-corrected chi connectivity index (χ3v) is 3.93. The summed E-state index contributed by atoms with van der Waals surface area (Å²) in [4.78, 5) is 23.0. The summed E-state index contributed by atoms with van der Waals surface area (Å²) < 4.78 is 10.5. The van der Waals surface area contributed by atoms with Crippen LogP contribution < -0.4 is 5.32 Å². The van der Waals surface area contributed by atoms with Gasteiger partial charge in [0.1, 0.15) is 6.61 Å². The van der Waals surface area contributed by atoms with Gasteiger partial charge in [0.25, 0.3) is 0 Å². The van der Waals surface area contributed by atoms with Crippen molar-refractivity contribution in [2.45, 2.75) is 25.9 Å². The maximum atomic E-state index is 11.7. The summed E-state index contributed by atoms with van der Waals surface area (Å²) in [6, 6.07) is 9.33. The van der Waals surface area contributed by atoms with Crippen molar-refractivity contribution in [1.82, 2.24) is 5.32 Å². The van der Waals surface area contributed by atoms with E-state index >= 15 is 0 Å². The summed E-state index contributed by atoms with van der Waals surface area (Å²) in [5.74, 6) is -1.28. The summed E-state index contributed by atoms with van der Waals surface area (Å²) in [6.45, 7) is 1.58. The molecule has 2 unspecified atom stereocenters. The van der Waals surface area contributed by atoms with Crippen LogP contribution in [0.15, 0.2) is 30.3 Å². The minimum atomic E-state index is -0.904. The third-order valence-electron chi connectivity index (χ3n) is 3.93. The number of nitrogens with one attached hydrogen (secondary N) is 1. The molecule has 0 spiro atoms. The fourth-order valence-electron chi connectivity index (χ4n) is 2.65. The molecule has 2 rings (SSSR count). The van der Waals surface area contributed by atoms with Crippen molar-refractivity contribution in [3.05, 3.63) is 35.9 Å². The van der Waals surface area contributed by atoms with Gasteiger partial charge in [-0.2, -0.15) is 0 Å². The largest absolute Gasteiger partial charge is 0.481 e. The van der Waals surface area contributed by atoms with Crippen LogP contribution >= 0.6 is 0 Å². The lowest BCUT2D eigenvalue weighted by atomic mass is 9.90. The predicted octanol–water partition coefficient (Wildman–Crippen LogP) is 2.43. The minimum Gasteiger partial charge on any atom is -0.481 e. The molecule has 1 aromatic rings. The van der Waals surface area contributed by atoms with E-state index in [1.165, 1.54) is 0 Å². The average molecular weight is 321 g/mol. The van der Waals surface area contributed by atoms with Crippen molar-refractivity contribution in [2.24, 2.45) is 11.8 Å². The van der Waals surface area contributed by atoms with Crippen molar-refractivity contribution in [3.8, 4) is 0 Å². The van der Waals surface area contributed by atoms with Gasteiger partial charge in [-0.1, -0.05) is 30.3 Å². The number of hydrogen-bond acceptors (Lipinski definition) is 4. The maximum absolute atomic E-state index is 11.7. The SMILES string of the molecule is O=C(NCC(CC1CCCOC1)C(=O)O)OCc1ccccc1. The lowest BCUT2D eigenvalue weighted by molar-refractivity contribution is -0.142. The van der Waals surface area contributed by atoms with Crippen molar-refractivity contribution in [1.29, 1.82) is 0 Å². The molecule has 6 nitrogen and oxygen atoms in total. The highest BCUT2D eigenvalue weighted by Gasteiger charge is 2.25. The molecule has 0 radical (unpaired) electrons. The lowest BCUT2D eigenvalue weighted by Gasteiger charge is -2.24. The van der Waals surface area contributed by atoms with E-state index in [1.807, 2.05) is 30.3 Å². The Kier molecular flexibility index (Phi) is 6.87. The monoisotopic (exact) mass is 321 g/mol. The molecule has 1 heterocycles. The number of benzene rings is 1. The van der Waals surface area contributed by atoms with E-state index in [0.29, 0.717) is 13.0 Å². The molecule has 1 aliphatic heterocycles. The first kappa shape index (κ1) is 17.3. The second-order valence-electron chi connectivity index (χ2n) is 5.80. The predicted molar refractivity (Wildman–Crippen MR) is 83.9 cm³/mol. The van der Waals surface area contributed by atoms with Gasteiger partial charge in [0.2, 0.25) is 0 Å². The second-order valence-corrected chi connectivity index (χ2v) is 5.80. The standard InChI is InChI=1S/C17H23NO5/c19-16(20)15(9-14-7-4-8-22-11-14)10-18-17(21)23-12-13-5-2-1-3-6-13/h1-3,5-6,14-15H,4,7-12H2,(H,18,21)(H,19,20). The fraction of sp³-hybridized carbons (Fsp3) is 0.529. The Morgan fingerprint density at radius 3 is 2.78 bits per heavy atom. The molecular formula is C17H23NO5. The number of carbonyl (C=O) groups excluding carboxylic acids is 1. The first-order valence-corrected chi connectivity index (χ1v) is 7.90. The van der Waals surface area contributed by atoms with Crippen LogP contribution in [0.1, 0.15) is 24.8 Å². The van der Waals surface area contributed by atoms with Gasteiger partial charge in [-0.3, -0.25) is 4.79 Å². The Morgan fingerprint density at radius 1 is 1.35 bits per heavy atom. The van der Waals surface area contributed by atoms with E-state index in [-0.39, 0.29) is 19.1 Å². The van der Waals surface area contributed by atoms with Crippen LogP contribution in [0.2, 0.25) is 0 Å². The first-order valence-electron chi connectivity index (χ1n) is 7.90. The second kappa shape index (κ2) is 9.15. The molecule has 126 valence electrons. The van der Waals surface area contributed by atoms with E-state index in [0.717, 1.165) is 25.0 Å². The van der Waals surface area contributed by atoms with Gasteiger partial charge < -0.3 is 19.9 Å². The fourth-order valence-corrected chi connectivity index (χ4v) is 2.65. The van der Waals surface area contributed by atoms with Crippen molar-refractivity contribution < 1.29 is 24.2 Å². The summed E-state index contributed by atoms with van der Waals surface area (Å²) >= 11 is 0. The smallest absolute Gasteiger partial charge is 0.407 e. The van der Waals surface area contributed by atoms with Gasteiger partial charge in [0.15, 0.2) is 0 Å². The normalized spacial score (nSPS) is 18.9. The zero-order valence-corrected chi connectivity index (χ0v) is 13.1.